The van der Waals surface area contributed by atoms with E-state index in [-0.39, 0.29) is 12.2 Å². The molecule has 0 amide bonds. The van der Waals surface area contributed by atoms with E-state index in [1.807, 2.05) is 60.7 Å². The molecule has 0 aliphatic heterocycles. The van der Waals surface area contributed by atoms with Gasteiger partial charge in [-0.1, -0.05) is 60.7 Å². The average molecular weight is 363 g/mol. The van der Waals surface area contributed by atoms with Crippen LogP contribution in [0.2, 0.25) is 0 Å². The Morgan fingerprint density at radius 2 is 1.48 bits per heavy atom. The monoisotopic (exact) mass is 363 g/mol. The van der Waals surface area contributed by atoms with Gasteiger partial charge in [0.2, 0.25) is 0 Å². The summed E-state index contributed by atoms with van der Waals surface area (Å²) < 4.78 is 22.3. The number of hydrogen-bond acceptors (Lipinski definition) is 5. The van der Waals surface area contributed by atoms with E-state index in [1.54, 1.807) is 0 Å². The van der Waals surface area contributed by atoms with E-state index in [9.17, 15) is 9.67 Å². The molecule has 0 heterocycles. The Labute approximate surface area is 149 Å². The van der Waals surface area contributed by atoms with Crippen molar-refractivity contribution >= 4 is 7.60 Å². The summed E-state index contributed by atoms with van der Waals surface area (Å²) in [5, 5.41) is 14.0. The highest BCUT2D eigenvalue weighted by Gasteiger charge is 2.30. The Kier molecular flexibility index (Phi) is 7.82. The lowest BCUT2D eigenvalue weighted by Crippen LogP contribution is -2.43. The molecule has 2 aromatic carbocycles. The molecule has 0 aliphatic rings. The lowest BCUT2D eigenvalue weighted by Gasteiger charge is -2.26. The summed E-state index contributed by atoms with van der Waals surface area (Å²) in [4.78, 5) is 0. The molecule has 0 saturated carbocycles. The maximum atomic E-state index is 12.4. The van der Waals surface area contributed by atoms with Gasteiger partial charge in [0, 0.05) is 26.8 Å². The van der Waals surface area contributed by atoms with Crippen LogP contribution in [0, 0.1) is 0 Å². The topological polar surface area (TPSA) is 67.8 Å². The first-order chi connectivity index (χ1) is 12.1. The van der Waals surface area contributed by atoms with E-state index < -0.39 is 13.7 Å². The van der Waals surface area contributed by atoms with Gasteiger partial charge in [0.1, 0.15) is 0 Å². The summed E-state index contributed by atoms with van der Waals surface area (Å²) in [5.41, 5.74) is 2.21. The fourth-order valence-corrected chi connectivity index (χ4v) is 3.80. The molecule has 6 heteroatoms. The van der Waals surface area contributed by atoms with Crippen LogP contribution >= 0.6 is 7.60 Å². The summed E-state index contributed by atoms with van der Waals surface area (Å²) in [6.07, 6.45) is -0.309. The van der Waals surface area contributed by atoms with E-state index in [0.717, 1.165) is 11.1 Å². The van der Waals surface area contributed by atoms with Crippen LogP contribution in [0.5, 0.6) is 0 Å². The van der Waals surface area contributed by atoms with Crippen molar-refractivity contribution in [2.45, 2.75) is 25.1 Å². The minimum atomic E-state index is -3.28. The Hall–Kier alpha value is -1.49. The van der Waals surface area contributed by atoms with Gasteiger partial charge in [0.05, 0.1) is 12.3 Å². The summed E-state index contributed by atoms with van der Waals surface area (Å²) in [6.45, 7) is 0.611. The third kappa shape index (κ3) is 6.38. The second-order valence-electron chi connectivity index (χ2n) is 5.89. The van der Waals surface area contributed by atoms with Crippen LogP contribution in [0.3, 0.4) is 0 Å². The quantitative estimate of drug-likeness (QED) is 0.635. The number of rotatable bonds is 10. The van der Waals surface area contributed by atoms with Crippen molar-refractivity contribution in [3.8, 4) is 0 Å². The third-order valence-electron chi connectivity index (χ3n) is 4.14. The van der Waals surface area contributed by atoms with Gasteiger partial charge < -0.3 is 19.5 Å². The SMILES string of the molecule is COP(=O)(C[C@@H](O)[C@H](Cc1ccccc1)NCc1ccccc1)OC. The molecule has 2 rings (SSSR count). The zero-order valence-electron chi connectivity index (χ0n) is 14.7. The minimum absolute atomic E-state index is 0.0563. The number of hydrogen-bond donors (Lipinski definition) is 2. The summed E-state index contributed by atoms with van der Waals surface area (Å²) >= 11 is 0. The Morgan fingerprint density at radius 3 is 2.00 bits per heavy atom. The van der Waals surface area contributed by atoms with Crippen molar-refractivity contribution in [1.29, 1.82) is 0 Å². The van der Waals surface area contributed by atoms with Crippen molar-refractivity contribution in [2.75, 3.05) is 20.4 Å². The maximum Gasteiger partial charge on any atom is 0.332 e. The standard InChI is InChI=1S/C19H26NO4P/c1-23-25(22,24-2)15-19(21)18(13-16-9-5-3-6-10-16)20-14-17-11-7-4-8-12-17/h3-12,18-21H,13-15H2,1-2H3/t18-,19+/m0/s1. The minimum Gasteiger partial charge on any atom is -0.391 e. The predicted octanol–water partition coefficient (Wildman–Crippen LogP) is 3.23. The fraction of sp³-hybridized carbons (Fsp3) is 0.368. The Balaban J connectivity index is 2.08. The Bertz CT molecular complexity index is 658. The van der Waals surface area contributed by atoms with E-state index >= 15 is 0 Å². The van der Waals surface area contributed by atoms with Gasteiger partial charge in [-0.3, -0.25) is 4.57 Å². The molecule has 2 aromatic rings. The molecule has 0 aromatic heterocycles. The van der Waals surface area contributed by atoms with Gasteiger partial charge >= 0.3 is 7.60 Å². The van der Waals surface area contributed by atoms with Crippen LogP contribution in [0.15, 0.2) is 60.7 Å². The molecule has 2 atom stereocenters. The average Bonchev–Trinajstić information content (AvgIpc) is 2.66. The molecule has 0 bridgehead atoms. The molecular formula is C19H26NO4P. The van der Waals surface area contributed by atoms with E-state index in [0.29, 0.717) is 13.0 Å². The molecule has 0 unspecified atom stereocenters. The van der Waals surface area contributed by atoms with Crippen molar-refractivity contribution in [2.24, 2.45) is 0 Å². The highest BCUT2D eigenvalue weighted by Crippen LogP contribution is 2.47. The van der Waals surface area contributed by atoms with Crippen molar-refractivity contribution in [3.05, 3.63) is 71.8 Å². The van der Waals surface area contributed by atoms with Crippen LogP contribution in [0.25, 0.3) is 0 Å². The zero-order valence-corrected chi connectivity index (χ0v) is 15.6. The van der Waals surface area contributed by atoms with Gasteiger partial charge in [-0.25, -0.2) is 0 Å². The Morgan fingerprint density at radius 1 is 0.960 bits per heavy atom. The van der Waals surface area contributed by atoms with Crippen LogP contribution in [-0.2, 0) is 26.6 Å². The normalized spacial score (nSPS) is 14.2. The molecule has 136 valence electrons. The van der Waals surface area contributed by atoms with Crippen LogP contribution < -0.4 is 5.32 Å². The largest absolute Gasteiger partial charge is 0.391 e. The molecule has 0 fully saturated rings. The number of aliphatic hydroxyl groups excluding tert-OH is 1. The predicted molar refractivity (Wildman–Crippen MR) is 99.7 cm³/mol. The highest BCUT2D eigenvalue weighted by atomic mass is 31.2. The molecule has 2 N–H and O–H groups in total. The van der Waals surface area contributed by atoms with Crippen molar-refractivity contribution < 1.29 is 18.7 Å². The molecular weight excluding hydrogens is 337 g/mol. The van der Waals surface area contributed by atoms with Crippen LogP contribution in [0.1, 0.15) is 11.1 Å². The molecule has 25 heavy (non-hydrogen) atoms. The van der Waals surface area contributed by atoms with Crippen LogP contribution in [-0.4, -0.2) is 37.6 Å². The fourth-order valence-electron chi connectivity index (χ4n) is 2.64. The molecule has 0 saturated heterocycles. The van der Waals surface area contributed by atoms with E-state index in [1.165, 1.54) is 14.2 Å². The molecule has 0 radical (unpaired) electrons. The summed E-state index contributed by atoms with van der Waals surface area (Å²) in [6, 6.07) is 19.6. The van der Waals surface area contributed by atoms with Crippen molar-refractivity contribution in [3.63, 3.8) is 0 Å². The van der Waals surface area contributed by atoms with E-state index in [4.69, 9.17) is 9.05 Å². The highest BCUT2D eigenvalue weighted by molar-refractivity contribution is 7.53. The molecule has 5 nitrogen and oxygen atoms in total. The third-order valence-corrected chi connectivity index (χ3v) is 6.08. The second kappa shape index (κ2) is 9.85. The first-order valence-corrected chi connectivity index (χ1v) is 9.99. The van der Waals surface area contributed by atoms with Gasteiger partial charge in [-0.2, -0.15) is 0 Å². The van der Waals surface area contributed by atoms with Gasteiger partial charge in [-0.15, -0.1) is 0 Å². The first-order valence-electron chi connectivity index (χ1n) is 8.26. The second-order valence-corrected chi connectivity index (χ2v) is 8.21. The summed E-state index contributed by atoms with van der Waals surface area (Å²) in [5.74, 6) is 0. The van der Waals surface area contributed by atoms with Gasteiger partial charge in [-0.05, 0) is 17.5 Å². The molecule has 0 spiro atoms. The van der Waals surface area contributed by atoms with Crippen molar-refractivity contribution in [1.82, 2.24) is 5.32 Å². The maximum absolute atomic E-state index is 12.4. The number of nitrogens with one attached hydrogen (secondary N) is 1. The summed E-state index contributed by atoms with van der Waals surface area (Å²) in [7, 11) is -0.614. The first kappa shape index (κ1) is 19.8. The number of benzene rings is 2. The lowest BCUT2D eigenvalue weighted by molar-refractivity contribution is 0.136. The lowest BCUT2D eigenvalue weighted by atomic mass is 10.0. The zero-order chi connectivity index (χ0) is 18.1. The van der Waals surface area contributed by atoms with E-state index in [2.05, 4.69) is 5.32 Å². The number of aliphatic hydroxyl groups is 1. The smallest absolute Gasteiger partial charge is 0.332 e. The van der Waals surface area contributed by atoms with Gasteiger partial charge in [0.15, 0.2) is 0 Å². The molecule has 0 aliphatic carbocycles. The van der Waals surface area contributed by atoms with Gasteiger partial charge in [0.25, 0.3) is 0 Å². The van der Waals surface area contributed by atoms with Crippen LogP contribution in [0.4, 0.5) is 0 Å².